The predicted octanol–water partition coefficient (Wildman–Crippen LogP) is 3.44. The highest BCUT2D eigenvalue weighted by atomic mass is 127. The molecule has 10 heteroatoms. The fourth-order valence-corrected chi connectivity index (χ4v) is 3.62. The van der Waals surface area contributed by atoms with Gasteiger partial charge in [0.2, 0.25) is 0 Å². The average Bonchev–Trinajstić information content (AvgIpc) is 2.62. The zero-order valence-electron chi connectivity index (χ0n) is 9.16. The second kappa shape index (κ2) is 4.74. The molecule has 0 saturated carbocycles. The van der Waals surface area contributed by atoms with Crippen LogP contribution in [0.2, 0.25) is 0 Å². The minimum absolute atomic E-state index is 0.229. The normalized spacial score (nSPS) is 12.9. The third-order valence-electron chi connectivity index (χ3n) is 2.05. The lowest BCUT2D eigenvalue weighted by Gasteiger charge is -2.10. The molecule has 2 rings (SSSR count). The molecule has 0 saturated heterocycles. The Bertz CT molecular complexity index is 739. The van der Waals surface area contributed by atoms with Crippen LogP contribution in [0.5, 0.6) is 5.75 Å². The smallest absolute Gasteiger partial charge is 0.375 e. The molecule has 0 atom stereocenters. The van der Waals surface area contributed by atoms with Gasteiger partial charge in [0.15, 0.2) is 5.75 Å². The number of rotatable bonds is 2. The summed E-state index contributed by atoms with van der Waals surface area (Å²) < 4.78 is 63.7. The van der Waals surface area contributed by atoms with Crippen molar-refractivity contribution in [3.05, 3.63) is 20.7 Å². The summed E-state index contributed by atoms with van der Waals surface area (Å²) in [5.41, 5.74) is -5.03. The lowest BCUT2D eigenvalue weighted by molar-refractivity contribution is -0.0500. The average molecular weight is 423 g/mol. The molecule has 0 N–H and O–H groups in total. The predicted molar refractivity (Wildman–Crippen MR) is 72.7 cm³/mol. The van der Waals surface area contributed by atoms with Crippen LogP contribution in [-0.4, -0.2) is 18.9 Å². The van der Waals surface area contributed by atoms with Crippen molar-refractivity contribution in [1.29, 1.82) is 0 Å². The second-order valence-electron chi connectivity index (χ2n) is 3.44. The minimum Gasteiger partial charge on any atom is -0.375 e. The molecule has 0 unspecified atom stereocenters. The zero-order chi connectivity index (χ0) is 14.4. The van der Waals surface area contributed by atoms with Crippen molar-refractivity contribution in [2.45, 2.75) is 12.4 Å². The number of alkyl halides is 3. The Balaban J connectivity index is 2.50. The van der Waals surface area contributed by atoms with E-state index in [-0.39, 0.29) is 9.32 Å². The van der Waals surface area contributed by atoms with Crippen molar-refractivity contribution in [2.75, 3.05) is 0 Å². The highest BCUT2D eigenvalue weighted by molar-refractivity contribution is 14.1. The van der Waals surface area contributed by atoms with Crippen LogP contribution in [0.25, 0.3) is 10.2 Å². The maximum atomic E-state index is 12.2. The van der Waals surface area contributed by atoms with E-state index in [2.05, 4.69) is 9.17 Å². The van der Waals surface area contributed by atoms with Gasteiger partial charge in [-0.3, -0.25) is 0 Å². The number of aryl methyl sites for hydroxylation is 1. The first-order valence-electron chi connectivity index (χ1n) is 4.68. The van der Waals surface area contributed by atoms with E-state index in [0.29, 0.717) is 5.52 Å². The largest absolute Gasteiger partial charge is 0.534 e. The van der Waals surface area contributed by atoms with Crippen molar-refractivity contribution in [3.8, 4) is 5.75 Å². The number of thiazole rings is 1. The molecule has 0 fully saturated rings. The van der Waals surface area contributed by atoms with Gasteiger partial charge in [0.1, 0.15) is 0 Å². The van der Waals surface area contributed by atoms with Gasteiger partial charge >= 0.3 is 15.6 Å². The van der Waals surface area contributed by atoms with Gasteiger partial charge in [0.05, 0.1) is 18.8 Å². The van der Waals surface area contributed by atoms with E-state index in [1.807, 2.05) is 0 Å². The lowest BCUT2D eigenvalue weighted by atomic mass is 10.3. The summed E-state index contributed by atoms with van der Waals surface area (Å²) in [7, 11) is -5.66. The topological polar surface area (TPSA) is 56.3 Å². The van der Waals surface area contributed by atoms with Crippen LogP contribution >= 0.6 is 33.9 Å². The first kappa shape index (κ1) is 14.8. The molecule has 1 heterocycles. The minimum atomic E-state index is -5.66. The molecule has 0 aliphatic rings. The van der Waals surface area contributed by atoms with E-state index in [4.69, 9.17) is 0 Å². The number of hydrogen-bond donors (Lipinski definition) is 0. The van der Waals surface area contributed by atoms with Crippen LogP contribution in [0, 0.1) is 10.5 Å². The lowest BCUT2D eigenvalue weighted by Crippen LogP contribution is -2.28. The molecule has 0 bridgehead atoms. The second-order valence-corrected chi connectivity index (χ2v) is 7.29. The van der Waals surface area contributed by atoms with Gasteiger partial charge in [0.25, 0.3) is 0 Å². The van der Waals surface area contributed by atoms with E-state index in [9.17, 15) is 21.6 Å². The summed E-state index contributed by atoms with van der Waals surface area (Å²) in [6.45, 7) is 1.74. The monoisotopic (exact) mass is 423 g/mol. The van der Waals surface area contributed by atoms with Crippen LogP contribution in [0.4, 0.5) is 13.2 Å². The maximum absolute atomic E-state index is 12.2. The number of benzene rings is 1. The zero-order valence-corrected chi connectivity index (χ0v) is 12.9. The Morgan fingerprint density at radius 2 is 2.00 bits per heavy atom. The van der Waals surface area contributed by atoms with E-state index >= 15 is 0 Å². The van der Waals surface area contributed by atoms with Crippen molar-refractivity contribution >= 4 is 54.3 Å². The van der Waals surface area contributed by atoms with Gasteiger partial charge in [-0.25, -0.2) is 4.98 Å². The Labute approximate surface area is 123 Å². The molecule has 4 nitrogen and oxygen atoms in total. The summed E-state index contributed by atoms with van der Waals surface area (Å²) in [5, 5.41) is 0.726. The van der Waals surface area contributed by atoms with Crippen molar-refractivity contribution in [2.24, 2.45) is 0 Å². The van der Waals surface area contributed by atoms with E-state index < -0.39 is 15.6 Å². The molecule has 0 amide bonds. The molecule has 19 heavy (non-hydrogen) atoms. The number of hydrogen-bond acceptors (Lipinski definition) is 5. The van der Waals surface area contributed by atoms with Gasteiger partial charge in [-0.1, -0.05) is 0 Å². The van der Waals surface area contributed by atoms with Gasteiger partial charge in [0, 0.05) is 0 Å². The molecular weight excluding hydrogens is 418 g/mol. The van der Waals surface area contributed by atoms with E-state index in [0.717, 1.165) is 9.71 Å². The fourth-order valence-electron chi connectivity index (χ4n) is 1.28. The van der Waals surface area contributed by atoms with Gasteiger partial charge in [-0.2, -0.15) is 21.6 Å². The molecule has 1 aromatic carbocycles. The van der Waals surface area contributed by atoms with E-state index in [1.165, 1.54) is 23.5 Å². The summed E-state index contributed by atoms with van der Waals surface area (Å²) >= 11 is 3.06. The Morgan fingerprint density at radius 3 is 2.58 bits per heavy atom. The molecule has 2 aromatic rings. The number of aromatic nitrogens is 1. The first-order valence-corrected chi connectivity index (χ1v) is 7.98. The third kappa shape index (κ3) is 2.79. The van der Waals surface area contributed by atoms with Crippen LogP contribution in [0.3, 0.4) is 0 Å². The van der Waals surface area contributed by atoms with Crippen LogP contribution < -0.4 is 4.18 Å². The Morgan fingerprint density at radius 1 is 1.37 bits per heavy atom. The number of nitrogens with zero attached hydrogens (tertiary/aromatic N) is 1. The maximum Gasteiger partial charge on any atom is 0.534 e. The molecule has 0 radical (unpaired) electrons. The number of fused-ring (bicyclic) bond motifs is 1. The Kier molecular flexibility index (Phi) is 3.68. The summed E-state index contributed by atoms with van der Waals surface area (Å²) in [6.07, 6.45) is 0. The van der Waals surface area contributed by atoms with E-state index in [1.54, 1.807) is 29.5 Å². The summed E-state index contributed by atoms with van der Waals surface area (Å²) in [4.78, 5) is 4.12. The third-order valence-corrected chi connectivity index (χ3v) is 5.00. The standard InChI is InChI=1S/C9H5F3INO3S2/c1-4-14-8-6(18-4)3-2-5(7(8)13)17-19(15,16)9(10,11)12/h2-3H,1H3. The highest BCUT2D eigenvalue weighted by Gasteiger charge is 2.48. The molecule has 1 aromatic heterocycles. The van der Waals surface area contributed by atoms with Gasteiger partial charge in [-0.15, -0.1) is 11.3 Å². The van der Waals surface area contributed by atoms with Crippen LogP contribution in [0.1, 0.15) is 5.01 Å². The highest BCUT2D eigenvalue weighted by Crippen LogP contribution is 2.35. The molecule has 0 aliphatic heterocycles. The quantitative estimate of drug-likeness (QED) is 0.422. The number of halogens is 4. The Hall–Kier alpha value is -0.620. The molecule has 0 spiro atoms. The SMILES string of the molecule is Cc1nc2c(I)c(OS(=O)(=O)C(F)(F)F)ccc2s1. The van der Waals surface area contributed by atoms with Crippen molar-refractivity contribution in [3.63, 3.8) is 0 Å². The first-order chi connectivity index (χ1) is 8.62. The fraction of sp³-hybridized carbons (Fsp3) is 0.222. The van der Waals surface area contributed by atoms with Crippen LogP contribution in [-0.2, 0) is 10.1 Å². The van der Waals surface area contributed by atoms with Crippen molar-refractivity contribution in [1.82, 2.24) is 4.98 Å². The van der Waals surface area contributed by atoms with Crippen molar-refractivity contribution < 1.29 is 25.8 Å². The molecule has 0 aliphatic carbocycles. The van der Waals surface area contributed by atoms with Crippen LogP contribution in [0.15, 0.2) is 12.1 Å². The summed E-state index contributed by atoms with van der Waals surface area (Å²) in [6, 6.07) is 2.66. The molecule has 104 valence electrons. The molecular formula is C9H5F3INO3S2. The van der Waals surface area contributed by atoms with Gasteiger partial charge in [-0.05, 0) is 41.6 Å². The summed E-state index contributed by atoms with van der Waals surface area (Å²) in [5.74, 6) is -0.379. The van der Waals surface area contributed by atoms with Gasteiger partial charge < -0.3 is 4.18 Å².